The number of hydrogen-bond donors (Lipinski definition) is 1. The standard InChI is InChI=1S/C13H23ClN4O/c1-4-6-7-8-9-10(3)15-12-16-11(14)17-13(18-12)19-5-2/h10H,4-9H2,1-3H3,(H,15,16,17,18). The van der Waals surface area contributed by atoms with Crippen molar-refractivity contribution in [2.45, 2.75) is 58.9 Å². The van der Waals surface area contributed by atoms with Crippen molar-refractivity contribution >= 4 is 17.5 Å². The van der Waals surface area contributed by atoms with Gasteiger partial charge in [-0.15, -0.1) is 0 Å². The first kappa shape index (κ1) is 16.0. The number of rotatable bonds is 9. The Hall–Kier alpha value is -1.10. The lowest BCUT2D eigenvalue weighted by Gasteiger charge is -2.14. The fourth-order valence-corrected chi connectivity index (χ4v) is 1.91. The molecule has 5 nitrogen and oxygen atoms in total. The molecule has 0 radical (unpaired) electrons. The zero-order chi connectivity index (χ0) is 14.1. The van der Waals surface area contributed by atoms with Gasteiger partial charge in [-0.3, -0.25) is 0 Å². The molecule has 0 aliphatic rings. The summed E-state index contributed by atoms with van der Waals surface area (Å²) in [7, 11) is 0. The van der Waals surface area contributed by atoms with Gasteiger partial charge < -0.3 is 10.1 Å². The van der Waals surface area contributed by atoms with Crippen LogP contribution in [0.3, 0.4) is 0 Å². The Morgan fingerprint density at radius 1 is 1.16 bits per heavy atom. The van der Waals surface area contributed by atoms with E-state index < -0.39 is 0 Å². The Bertz CT molecular complexity index is 376. The van der Waals surface area contributed by atoms with Gasteiger partial charge >= 0.3 is 6.01 Å². The first-order valence-corrected chi connectivity index (χ1v) is 7.34. The minimum atomic E-state index is 0.152. The first-order chi connectivity index (χ1) is 9.15. The molecule has 19 heavy (non-hydrogen) atoms. The Kier molecular flexibility index (Phi) is 7.48. The molecular weight excluding hydrogens is 264 g/mol. The van der Waals surface area contributed by atoms with Crippen LogP contribution in [0.5, 0.6) is 6.01 Å². The van der Waals surface area contributed by atoms with Gasteiger partial charge in [0.25, 0.3) is 0 Å². The smallest absolute Gasteiger partial charge is 0.322 e. The van der Waals surface area contributed by atoms with E-state index in [1.807, 2.05) is 6.92 Å². The highest BCUT2D eigenvalue weighted by Crippen LogP contribution is 2.14. The molecule has 6 heteroatoms. The molecule has 1 heterocycles. The summed E-state index contributed by atoms with van der Waals surface area (Å²) >= 11 is 5.83. The van der Waals surface area contributed by atoms with E-state index in [-0.39, 0.29) is 11.3 Å². The maximum absolute atomic E-state index is 5.83. The van der Waals surface area contributed by atoms with Gasteiger partial charge in [0, 0.05) is 6.04 Å². The Morgan fingerprint density at radius 3 is 2.63 bits per heavy atom. The summed E-state index contributed by atoms with van der Waals surface area (Å²) in [4.78, 5) is 12.1. The van der Waals surface area contributed by atoms with E-state index in [9.17, 15) is 0 Å². The second kappa shape index (κ2) is 8.91. The summed E-state index contributed by atoms with van der Waals surface area (Å²) < 4.78 is 5.24. The lowest BCUT2D eigenvalue weighted by Crippen LogP contribution is -2.17. The maximum atomic E-state index is 5.83. The molecule has 1 aromatic heterocycles. The first-order valence-electron chi connectivity index (χ1n) is 6.96. The lowest BCUT2D eigenvalue weighted by atomic mass is 10.1. The van der Waals surface area contributed by atoms with Crippen LogP contribution in [0.2, 0.25) is 5.28 Å². The number of nitrogens with zero attached hydrogens (tertiary/aromatic N) is 3. The van der Waals surface area contributed by atoms with Crippen molar-refractivity contribution in [3.63, 3.8) is 0 Å². The highest BCUT2D eigenvalue weighted by molar-refractivity contribution is 6.28. The van der Waals surface area contributed by atoms with Crippen LogP contribution in [0.4, 0.5) is 5.95 Å². The van der Waals surface area contributed by atoms with E-state index in [1.165, 1.54) is 25.7 Å². The molecule has 108 valence electrons. The number of unbranched alkanes of at least 4 members (excludes halogenated alkanes) is 3. The van der Waals surface area contributed by atoms with E-state index >= 15 is 0 Å². The molecule has 0 saturated carbocycles. The summed E-state index contributed by atoms with van der Waals surface area (Å²) in [6.45, 7) is 6.71. The fraction of sp³-hybridized carbons (Fsp3) is 0.769. The molecular formula is C13H23ClN4O. The molecule has 0 spiro atoms. The van der Waals surface area contributed by atoms with Gasteiger partial charge in [0.05, 0.1) is 6.61 Å². The van der Waals surface area contributed by atoms with Crippen LogP contribution in [-0.2, 0) is 0 Å². The molecule has 0 saturated heterocycles. The van der Waals surface area contributed by atoms with Gasteiger partial charge in [0.15, 0.2) is 0 Å². The highest BCUT2D eigenvalue weighted by atomic mass is 35.5. The molecule has 0 amide bonds. The van der Waals surface area contributed by atoms with Crippen LogP contribution in [0, 0.1) is 0 Å². The monoisotopic (exact) mass is 286 g/mol. The normalized spacial score (nSPS) is 12.2. The van der Waals surface area contributed by atoms with Crippen LogP contribution in [0.1, 0.15) is 52.9 Å². The van der Waals surface area contributed by atoms with Crippen molar-refractivity contribution < 1.29 is 4.74 Å². The molecule has 0 aromatic carbocycles. The Labute approximate surface area is 120 Å². The van der Waals surface area contributed by atoms with Crippen LogP contribution in [0.15, 0.2) is 0 Å². The molecule has 0 fully saturated rings. The zero-order valence-corrected chi connectivity index (χ0v) is 12.7. The topological polar surface area (TPSA) is 59.9 Å². The van der Waals surface area contributed by atoms with Crippen LogP contribution in [-0.4, -0.2) is 27.6 Å². The second-order valence-corrected chi connectivity index (χ2v) is 4.88. The van der Waals surface area contributed by atoms with Gasteiger partial charge in [-0.2, -0.15) is 15.0 Å². The largest absolute Gasteiger partial charge is 0.464 e. The molecule has 0 aliphatic carbocycles. The Morgan fingerprint density at radius 2 is 1.95 bits per heavy atom. The summed E-state index contributed by atoms with van der Waals surface area (Å²) in [5, 5.41) is 3.38. The number of anilines is 1. The molecule has 0 aliphatic heterocycles. The van der Waals surface area contributed by atoms with Crippen molar-refractivity contribution in [3.8, 4) is 6.01 Å². The molecule has 0 bridgehead atoms. The van der Waals surface area contributed by atoms with Crippen LogP contribution >= 0.6 is 11.6 Å². The summed E-state index contributed by atoms with van der Waals surface area (Å²) in [6.07, 6.45) is 6.11. The van der Waals surface area contributed by atoms with Gasteiger partial charge in [-0.1, -0.05) is 32.6 Å². The number of halogens is 1. The molecule has 1 rings (SSSR count). The zero-order valence-electron chi connectivity index (χ0n) is 11.9. The number of ether oxygens (including phenoxy) is 1. The van der Waals surface area contributed by atoms with Crippen molar-refractivity contribution in [1.82, 2.24) is 15.0 Å². The third-order valence-electron chi connectivity index (χ3n) is 2.73. The lowest BCUT2D eigenvalue weighted by molar-refractivity contribution is 0.312. The number of hydrogen-bond acceptors (Lipinski definition) is 5. The third-order valence-corrected chi connectivity index (χ3v) is 2.90. The van der Waals surface area contributed by atoms with Gasteiger partial charge in [-0.25, -0.2) is 0 Å². The maximum Gasteiger partial charge on any atom is 0.322 e. The van der Waals surface area contributed by atoms with Gasteiger partial charge in [0.1, 0.15) is 0 Å². The highest BCUT2D eigenvalue weighted by Gasteiger charge is 2.08. The van der Waals surface area contributed by atoms with Crippen molar-refractivity contribution in [3.05, 3.63) is 5.28 Å². The van der Waals surface area contributed by atoms with Crippen LogP contribution < -0.4 is 10.1 Å². The molecule has 1 N–H and O–H groups in total. The van der Waals surface area contributed by atoms with Crippen molar-refractivity contribution in [2.24, 2.45) is 0 Å². The Balaban J connectivity index is 2.46. The van der Waals surface area contributed by atoms with Crippen molar-refractivity contribution in [1.29, 1.82) is 0 Å². The quantitative estimate of drug-likeness (QED) is 0.702. The molecule has 1 aromatic rings. The van der Waals surface area contributed by atoms with Crippen molar-refractivity contribution in [2.75, 3.05) is 11.9 Å². The minimum Gasteiger partial charge on any atom is -0.464 e. The summed E-state index contributed by atoms with van der Waals surface area (Å²) in [5.41, 5.74) is 0. The summed E-state index contributed by atoms with van der Waals surface area (Å²) in [5.74, 6) is 0.478. The van der Waals surface area contributed by atoms with E-state index in [0.29, 0.717) is 18.6 Å². The third kappa shape index (κ3) is 6.57. The van der Waals surface area contributed by atoms with E-state index in [2.05, 4.69) is 34.1 Å². The van der Waals surface area contributed by atoms with E-state index in [0.717, 1.165) is 6.42 Å². The predicted molar refractivity (Wildman–Crippen MR) is 77.8 cm³/mol. The molecule has 1 atom stereocenters. The fourth-order valence-electron chi connectivity index (χ4n) is 1.76. The average molecular weight is 287 g/mol. The minimum absolute atomic E-state index is 0.152. The summed E-state index contributed by atoms with van der Waals surface area (Å²) in [6, 6.07) is 0.577. The molecule has 1 unspecified atom stereocenters. The van der Waals surface area contributed by atoms with E-state index in [1.54, 1.807) is 0 Å². The second-order valence-electron chi connectivity index (χ2n) is 4.54. The van der Waals surface area contributed by atoms with Gasteiger partial charge in [0.2, 0.25) is 11.2 Å². The predicted octanol–water partition coefficient (Wildman–Crippen LogP) is 3.69. The average Bonchev–Trinajstić information content (AvgIpc) is 2.34. The van der Waals surface area contributed by atoms with E-state index in [4.69, 9.17) is 16.3 Å². The number of aromatic nitrogens is 3. The van der Waals surface area contributed by atoms with Gasteiger partial charge in [-0.05, 0) is 31.9 Å². The number of nitrogens with one attached hydrogen (secondary N) is 1. The SMILES string of the molecule is CCCCCCC(C)Nc1nc(Cl)nc(OCC)n1. The van der Waals surface area contributed by atoms with Crippen LogP contribution in [0.25, 0.3) is 0 Å².